The van der Waals surface area contributed by atoms with Crippen LogP contribution in [0, 0.1) is 11.3 Å². The summed E-state index contributed by atoms with van der Waals surface area (Å²) in [5, 5.41) is 0. The van der Waals surface area contributed by atoms with Crippen LogP contribution in [-0.4, -0.2) is 0 Å². The Hall–Kier alpha value is -0.720. The third-order valence-electron chi connectivity index (χ3n) is 4.52. The van der Waals surface area contributed by atoms with Crippen molar-refractivity contribution in [1.29, 1.82) is 0 Å². The lowest BCUT2D eigenvalue weighted by Crippen LogP contribution is -2.47. The lowest BCUT2D eigenvalue weighted by Gasteiger charge is -2.55. The summed E-state index contributed by atoms with van der Waals surface area (Å²) in [6, 6.07) is 2.30. The monoisotopic (exact) mass is 190 g/mol. The molecule has 0 radical (unpaired) electrons. The summed E-state index contributed by atoms with van der Waals surface area (Å²) in [7, 11) is 0. The molecule has 0 saturated heterocycles. The molecule has 3 aliphatic rings. The van der Waals surface area contributed by atoms with E-state index in [0.717, 1.165) is 18.3 Å². The number of aryl methyl sites for hydroxylation is 1. The van der Waals surface area contributed by atoms with Crippen LogP contribution in [0.1, 0.15) is 50.2 Å². The Bertz CT molecular complexity index is 373. The molecule has 0 amide bonds. The molecule has 1 fully saturated rings. The lowest BCUT2D eigenvalue weighted by molar-refractivity contribution is 0.0121. The third kappa shape index (κ3) is 0.858. The summed E-state index contributed by atoms with van der Waals surface area (Å²) in [6.45, 7) is 6.99. The molecule has 1 saturated carbocycles. The fourth-order valence-electron chi connectivity index (χ4n) is 3.24. The summed E-state index contributed by atoms with van der Waals surface area (Å²) < 4.78 is 5.85. The fraction of sp³-hybridized carbons (Fsp3) is 0.692. The first-order valence-corrected chi connectivity index (χ1v) is 5.74. The van der Waals surface area contributed by atoms with Crippen molar-refractivity contribution in [3.63, 3.8) is 0 Å². The average molecular weight is 190 g/mol. The maximum absolute atomic E-state index is 5.85. The van der Waals surface area contributed by atoms with E-state index in [1.807, 2.05) is 0 Å². The van der Waals surface area contributed by atoms with Gasteiger partial charge in [-0.15, -0.1) is 0 Å². The first-order chi connectivity index (χ1) is 6.63. The van der Waals surface area contributed by atoms with Gasteiger partial charge in [0.15, 0.2) is 0 Å². The first-order valence-electron chi connectivity index (χ1n) is 5.74. The van der Waals surface area contributed by atoms with Gasteiger partial charge in [-0.1, -0.05) is 20.8 Å². The van der Waals surface area contributed by atoms with Crippen LogP contribution in [0.2, 0.25) is 0 Å². The predicted octanol–water partition coefficient (Wildman–Crippen LogP) is 3.53. The Kier molecular flexibility index (Phi) is 1.50. The van der Waals surface area contributed by atoms with Gasteiger partial charge in [0.1, 0.15) is 11.5 Å². The van der Waals surface area contributed by atoms with Crippen molar-refractivity contribution < 1.29 is 4.42 Å². The predicted molar refractivity (Wildman–Crippen MR) is 56.4 cm³/mol. The standard InChI is InChI=1S/C13H18O/c1-4-9-7-10-11-5-8(13(11,2)3)6-12(10)14-9/h7-8,11H,4-6H2,1-3H3/t8-,11+/m1/s1. The Labute approximate surface area is 85.5 Å². The molecule has 1 heterocycles. The minimum absolute atomic E-state index is 0.530. The molecule has 0 N–H and O–H groups in total. The normalized spacial score (nSPS) is 32.2. The zero-order valence-electron chi connectivity index (χ0n) is 9.26. The van der Waals surface area contributed by atoms with Crippen molar-refractivity contribution in [2.45, 2.75) is 46.0 Å². The van der Waals surface area contributed by atoms with Gasteiger partial charge in [0, 0.05) is 12.8 Å². The molecule has 1 heteroatoms. The average Bonchev–Trinajstić information content (AvgIpc) is 2.59. The number of hydrogen-bond acceptors (Lipinski definition) is 1. The smallest absolute Gasteiger partial charge is 0.107 e. The summed E-state index contributed by atoms with van der Waals surface area (Å²) in [4.78, 5) is 0. The number of rotatable bonds is 1. The minimum Gasteiger partial charge on any atom is -0.466 e. The molecule has 0 spiro atoms. The van der Waals surface area contributed by atoms with Gasteiger partial charge in [-0.05, 0) is 35.3 Å². The van der Waals surface area contributed by atoms with E-state index in [-0.39, 0.29) is 0 Å². The van der Waals surface area contributed by atoms with Gasteiger partial charge in [0.2, 0.25) is 0 Å². The third-order valence-corrected chi connectivity index (χ3v) is 4.52. The fourth-order valence-corrected chi connectivity index (χ4v) is 3.24. The highest BCUT2D eigenvalue weighted by Crippen LogP contribution is 2.62. The van der Waals surface area contributed by atoms with Crippen molar-refractivity contribution in [2.24, 2.45) is 11.3 Å². The van der Waals surface area contributed by atoms with E-state index in [9.17, 15) is 0 Å². The molecular weight excluding hydrogens is 172 g/mol. The summed E-state index contributed by atoms with van der Waals surface area (Å²) in [5.41, 5.74) is 2.05. The molecule has 4 rings (SSSR count). The molecule has 76 valence electrons. The van der Waals surface area contributed by atoms with Gasteiger partial charge in [0.05, 0.1) is 0 Å². The maximum Gasteiger partial charge on any atom is 0.107 e. The summed E-state index contributed by atoms with van der Waals surface area (Å²) >= 11 is 0. The zero-order valence-corrected chi connectivity index (χ0v) is 9.26. The second kappa shape index (κ2) is 2.44. The van der Waals surface area contributed by atoms with E-state index < -0.39 is 0 Å². The molecule has 2 bridgehead atoms. The molecule has 0 aliphatic heterocycles. The SMILES string of the molecule is CCc1cc2c(o1)C[C@H]1C[C@@H]2C1(C)C. The lowest BCUT2D eigenvalue weighted by atomic mass is 9.48. The number of hydrogen-bond donors (Lipinski definition) is 0. The van der Waals surface area contributed by atoms with Gasteiger partial charge in [0.25, 0.3) is 0 Å². The van der Waals surface area contributed by atoms with Gasteiger partial charge < -0.3 is 4.42 Å². The molecule has 14 heavy (non-hydrogen) atoms. The molecular formula is C13H18O. The van der Waals surface area contributed by atoms with Crippen molar-refractivity contribution in [3.8, 4) is 0 Å². The van der Waals surface area contributed by atoms with Crippen LogP contribution in [0.4, 0.5) is 0 Å². The van der Waals surface area contributed by atoms with Crippen LogP contribution in [0.25, 0.3) is 0 Å². The summed E-state index contributed by atoms with van der Waals surface area (Å²) in [5.74, 6) is 4.12. The van der Waals surface area contributed by atoms with Crippen molar-refractivity contribution in [3.05, 3.63) is 23.2 Å². The van der Waals surface area contributed by atoms with Crippen LogP contribution in [0.3, 0.4) is 0 Å². The van der Waals surface area contributed by atoms with Crippen LogP contribution in [0.5, 0.6) is 0 Å². The maximum atomic E-state index is 5.85. The summed E-state index contributed by atoms with van der Waals surface area (Å²) in [6.07, 6.45) is 3.60. The molecule has 1 aromatic rings. The van der Waals surface area contributed by atoms with E-state index in [1.54, 1.807) is 0 Å². The Morgan fingerprint density at radius 2 is 2.29 bits per heavy atom. The van der Waals surface area contributed by atoms with Crippen LogP contribution >= 0.6 is 0 Å². The largest absolute Gasteiger partial charge is 0.466 e. The topological polar surface area (TPSA) is 13.1 Å². The molecule has 0 unspecified atom stereocenters. The second-order valence-electron chi connectivity index (χ2n) is 5.46. The van der Waals surface area contributed by atoms with E-state index in [2.05, 4.69) is 26.8 Å². The van der Waals surface area contributed by atoms with Crippen LogP contribution in [0.15, 0.2) is 10.5 Å². The Balaban J connectivity index is 2.05. The van der Waals surface area contributed by atoms with Gasteiger partial charge >= 0.3 is 0 Å². The van der Waals surface area contributed by atoms with Gasteiger partial charge in [-0.25, -0.2) is 0 Å². The van der Waals surface area contributed by atoms with E-state index in [0.29, 0.717) is 5.41 Å². The molecule has 1 nitrogen and oxygen atoms in total. The Morgan fingerprint density at radius 1 is 1.50 bits per heavy atom. The zero-order chi connectivity index (χ0) is 9.92. The van der Waals surface area contributed by atoms with Gasteiger partial charge in [-0.2, -0.15) is 0 Å². The molecule has 0 aromatic carbocycles. The van der Waals surface area contributed by atoms with Gasteiger partial charge in [-0.3, -0.25) is 0 Å². The van der Waals surface area contributed by atoms with Crippen molar-refractivity contribution in [2.75, 3.05) is 0 Å². The number of furan rings is 1. The highest BCUT2D eigenvalue weighted by Gasteiger charge is 2.53. The van der Waals surface area contributed by atoms with Crippen LogP contribution in [-0.2, 0) is 12.8 Å². The highest BCUT2D eigenvalue weighted by molar-refractivity contribution is 5.36. The van der Waals surface area contributed by atoms with E-state index >= 15 is 0 Å². The van der Waals surface area contributed by atoms with Crippen LogP contribution < -0.4 is 0 Å². The Morgan fingerprint density at radius 3 is 2.93 bits per heavy atom. The van der Waals surface area contributed by atoms with E-state index in [4.69, 9.17) is 4.42 Å². The molecule has 1 aromatic heterocycles. The van der Waals surface area contributed by atoms with E-state index in [1.165, 1.54) is 29.9 Å². The van der Waals surface area contributed by atoms with Crippen molar-refractivity contribution >= 4 is 0 Å². The molecule has 3 aliphatic carbocycles. The molecule has 2 atom stereocenters. The minimum atomic E-state index is 0.530. The highest BCUT2D eigenvalue weighted by atomic mass is 16.3. The van der Waals surface area contributed by atoms with Crippen molar-refractivity contribution in [1.82, 2.24) is 0 Å². The first kappa shape index (κ1) is 8.58. The quantitative estimate of drug-likeness (QED) is 0.660. The second-order valence-corrected chi connectivity index (χ2v) is 5.46.